The molecule has 4 aromatic rings. The second-order valence-electron chi connectivity index (χ2n) is 6.72. The average Bonchev–Trinajstić information content (AvgIpc) is 3.25. The molecular weight excluding hydrogens is 476 g/mol. The summed E-state index contributed by atoms with van der Waals surface area (Å²) in [6, 6.07) is 11.6. The van der Waals surface area contributed by atoms with Crippen LogP contribution in [-0.2, 0) is 0 Å². The van der Waals surface area contributed by atoms with Gasteiger partial charge in [0.05, 0.1) is 22.7 Å². The Morgan fingerprint density at radius 1 is 1.17 bits per heavy atom. The summed E-state index contributed by atoms with van der Waals surface area (Å²) >= 11 is 10.8. The quantitative estimate of drug-likeness (QED) is 0.362. The number of benzene rings is 2. The van der Waals surface area contributed by atoms with E-state index < -0.39 is 6.04 Å². The fourth-order valence-corrected chi connectivity index (χ4v) is 4.87. The SMILES string of the molecule is Cc1csc(N2C(=O)c3oc4ccc(Br)cc4c(=O)c3C2c2ccc(Cl)cc2)n1. The molecule has 144 valence electrons. The van der Waals surface area contributed by atoms with Crippen LogP contribution in [0.1, 0.15) is 33.4 Å². The molecule has 1 atom stereocenters. The van der Waals surface area contributed by atoms with Gasteiger partial charge in [0.2, 0.25) is 5.76 Å². The smallest absolute Gasteiger partial charge is 0.297 e. The predicted octanol–water partition coefficient (Wildman–Crippen LogP) is 5.72. The molecule has 5 rings (SSSR count). The highest BCUT2D eigenvalue weighted by atomic mass is 79.9. The van der Waals surface area contributed by atoms with Crippen molar-refractivity contribution in [2.45, 2.75) is 13.0 Å². The molecule has 0 bridgehead atoms. The summed E-state index contributed by atoms with van der Waals surface area (Å²) < 4.78 is 6.69. The topological polar surface area (TPSA) is 63.4 Å². The first-order valence-electron chi connectivity index (χ1n) is 8.71. The Balaban J connectivity index is 1.83. The second kappa shape index (κ2) is 6.79. The van der Waals surface area contributed by atoms with E-state index in [1.54, 1.807) is 30.3 Å². The summed E-state index contributed by atoms with van der Waals surface area (Å²) in [5.41, 5.74) is 2.02. The minimum absolute atomic E-state index is 0.0534. The lowest BCUT2D eigenvalue weighted by Crippen LogP contribution is -2.29. The number of aromatic nitrogens is 1. The van der Waals surface area contributed by atoms with Gasteiger partial charge in [0.15, 0.2) is 10.6 Å². The molecule has 1 aliphatic heterocycles. The Labute approximate surface area is 182 Å². The minimum atomic E-state index is -0.639. The lowest BCUT2D eigenvalue weighted by atomic mass is 9.99. The first kappa shape index (κ1) is 18.5. The maximum Gasteiger partial charge on any atom is 0.297 e. The van der Waals surface area contributed by atoms with E-state index in [2.05, 4.69) is 20.9 Å². The molecule has 2 aromatic heterocycles. The Morgan fingerprint density at radius 3 is 2.62 bits per heavy atom. The summed E-state index contributed by atoms with van der Waals surface area (Å²) in [4.78, 5) is 32.8. The third-order valence-electron chi connectivity index (χ3n) is 4.83. The number of rotatable bonds is 2. The number of halogens is 2. The van der Waals surface area contributed by atoms with E-state index >= 15 is 0 Å². The van der Waals surface area contributed by atoms with Crippen LogP contribution in [0.5, 0.6) is 0 Å². The number of aryl methyl sites for hydroxylation is 1. The average molecular weight is 488 g/mol. The molecule has 0 saturated carbocycles. The van der Waals surface area contributed by atoms with Gasteiger partial charge in [-0.2, -0.15) is 0 Å². The van der Waals surface area contributed by atoms with Crippen molar-refractivity contribution in [1.82, 2.24) is 4.98 Å². The number of hydrogen-bond acceptors (Lipinski definition) is 5. The molecule has 1 aliphatic rings. The molecule has 3 heterocycles. The molecular formula is C21H12BrClN2O3S. The molecule has 0 aliphatic carbocycles. The molecule has 8 heteroatoms. The van der Waals surface area contributed by atoms with Crippen molar-refractivity contribution in [3.05, 3.63) is 90.1 Å². The van der Waals surface area contributed by atoms with E-state index in [4.69, 9.17) is 16.0 Å². The van der Waals surface area contributed by atoms with E-state index in [0.717, 1.165) is 15.7 Å². The second-order valence-corrected chi connectivity index (χ2v) is 8.90. The molecule has 1 unspecified atom stereocenters. The number of fused-ring (bicyclic) bond motifs is 2. The molecule has 0 fully saturated rings. The Morgan fingerprint density at radius 2 is 1.93 bits per heavy atom. The zero-order valence-electron chi connectivity index (χ0n) is 15.0. The normalized spacial score (nSPS) is 15.9. The predicted molar refractivity (Wildman–Crippen MR) is 117 cm³/mol. The van der Waals surface area contributed by atoms with Gasteiger partial charge in [-0.25, -0.2) is 4.98 Å². The number of anilines is 1. The van der Waals surface area contributed by atoms with Crippen LogP contribution in [-0.4, -0.2) is 10.9 Å². The maximum absolute atomic E-state index is 13.4. The number of carbonyl (C=O) groups is 1. The van der Waals surface area contributed by atoms with Gasteiger partial charge < -0.3 is 4.42 Å². The van der Waals surface area contributed by atoms with Crippen LogP contribution < -0.4 is 10.3 Å². The largest absolute Gasteiger partial charge is 0.450 e. The molecule has 1 amide bonds. The molecule has 0 saturated heterocycles. The number of amides is 1. The summed E-state index contributed by atoms with van der Waals surface area (Å²) in [7, 11) is 0. The fourth-order valence-electron chi connectivity index (χ4n) is 3.56. The van der Waals surface area contributed by atoms with E-state index in [9.17, 15) is 9.59 Å². The van der Waals surface area contributed by atoms with Gasteiger partial charge in [-0.05, 0) is 42.8 Å². The monoisotopic (exact) mass is 486 g/mol. The van der Waals surface area contributed by atoms with Crippen molar-refractivity contribution in [3.63, 3.8) is 0 Å². The van der Waals surface area contributed by atoms with Crippen LogP contribution in [0.4, 0.5) is 5.13 Å². The molecule has 0 spiro atoms. The number of hydrogen-bond donors (Lipinski definition) is 0. The molecule has 0 N–H and O–H groups in total. The lowest BCUT2D eigenvalue weighted by Gasteiger charge is -2.22. The first-order chi connectivity index (χ1) is 13.9. The Kier molecular flexibility index (Phi) is 4.34. The third-order valence-corrected chi connectivity index (χ3v) is 6.53. The van der Waals surface area contributed by atoms with Crippen molar-refractivity contribution in [1.29, 1.82) is 0 Å². The summed E-state index contributed by atoms with van der Waals surface area (Å²) in [5.74, 6) is -0.325. The van der Waals surface area contributed by atoms with Gasteiger partial charge >= 0.3 is 0 Å². The zero-order valence-corrected chi connectivity index (χ0v) is 18.1. The van der Waals surface area contributed by atoms with E-state index in [1.165, 1.54) is 16.2 Å². The van der Waals surface area contributed by atoms with Crippen molar-refractivity contribution in [2.75, 3.05) is 4.90 Å². The van der Waals surface area contributed by atoms with Crippen LogP contribution in [0.15, 0.2) is 61.5 Å². The van der Waals surface area contributed by atoms with E-state index in [-0.39, 0.29) is 17.1 Å². The van der Waals surface area contributed by atoms with Crippen LogP contribution in [0, 0.1) is 6.92 Å². The standard InChI is InChI=1S/C21H12BrClN2O3S/c1-10-9-29-21(24-10)25-17(11-2-5-13(23)6-3-11)16-18(26)14-8-12(22)4-7-15(14)28-19(16)20(25)27/h2-9,17H,1H3. The number of thiazole rings is 1. The van der Waals surface area contributed by atoms with Crippen LogP contribution in [0.3, 0.4) is 0 Å². The van der Waals surface area contributed by atoms with E-state index in [1.807, 2.05) is 24.4 Å². The minimum Gasteiger partial charge on any atom is -0.450 e. The summed E-state index contributed by atoms with van der Waals surface area (Å²) in [6.45, 7) is 1.86. The Hall–Kier alpha value is -2.48. The molecule has 2 aromatic carbocycles. The third kappa shape index (κ3) is 2.92. The molecule has 0 radical (unpaired) electrons. The van der Waals surface area contributed by atoms with E-state index in [0.29, 0.717) is 26.7 Å². The van der Waals surface area contributed by atoms with Crippen molar-refractivity contribution >= 4 is 60.9 Å². The van der Waals surface area contributed by atoms with Crippen LogP contribution in [0.2, 0.25) is 5.02 Å². The maximum atomic E-state index is 13.4. The lowest BCUT2D eigenvalue weighted by molar-refractivity contribution is 0.0971. The van der Waals surface area contributed by atoms with Crippen molar-refractivity contribution in [2.24, 2.45) is 0 Å². The van der Waals surface area contributed by atoms with Gasteiger partial charge in [-0.15, -0.1) is 11.3 Å². The zero-order chi connectivity index (χ0) is 20.3. The fraction of sp³-hybridized carbons (Fsp3) is 0.0952. The van der Waals surface area contributed by atoms with Gasteiger partial charge in [0.25, 0.3) is 5.91 Å². The first-order valence-corrected chi connectivity index (χ1v) is 10.8. The van der Waals surface area contributed by atoms with Gasteiger partial charge in [-0.3, -0.25) is 14.5 Å². The molecule has 29 heavy (non-hydrogen) atoms. The highest BCUT2D eigenvalue weighted by Crippen LogP contribution is 2.42. The van der Waals surface area contributed by atoms with Crippen molar-refractivity contribution in [3.8, 4) is 0 Å². The Bertz CT molecular complexity index is 1350. The molecule has 5 nitrogen and oxygen atoms in total. The summed E-state index contributed by atoms with van der Waals surface area (Å²) in [5, 5.41) is 3.38. The van der Waals surface area contributed by atoms with Gasteiger partial charge in [-0.1, -0.05) is 39.7 Å². The number of carbonyl (C=O) groups excluding carboxylic acids is 1. The van der Waals surface area contributed by atoms with Crippen LogP contribution in [0.25, 0.3) is 11.0 Å². The highest BCUT2D eigenvalue weighted by Gasteiger charge is 2.44. The number of nitrogens with zero attached hydrogens (tertiary/aromatic N) is 2. The highest BCUT2D eigenvalue weighted by molar-refractivity contribution is 9.10. The van der Waals surface area contributed by atoms with Gasteiger partial charge in [0.1, 0.15) is 5.58 Å². The summed E-state index contributed by atoms with van der Waals surface area (Å²) in [6.07, 6.45) is 0. The van der Waals surface area contributed by atoms with Crippen LogP contribution >= 0.6 is 38.9 Å². The van der Waals surface area contributed by atoms with Crippen molar-refractivity contribution < 1.29 is 9.21 Å². The van der Waals surface area contributed by atoms with Gasteiger partial charge in [0, 0.05) is 14.9 Å².